The summed E-state index contributed by atoms with van der Waals surface area (Å²) in [6, 6.07) is 20.9. The van der Waals surface area contributed by atoms with Crippen molar-refractivity contribution in [2.24, 2.45) is 0 Å². The van der Waals surface area contributed by atoms with Gasteiger partial charge in [0.25, 0.3) is 0 Å². The van der Waals surface area contributed by atoms with Crippen LogP contribution in [0.2, 0.25) is 20.1 Å². The third kappa shape index (κ3) is 6.62. The van der Waals surface area contributed by atoms with Crippen molar-refractivity contribution in [3.63, 3.8) is 0 Å². The molecular weight excluding hydrogens is 750 g/mol. The molecule has 276 valence electrons. The summed E-state index contributed by atoms with van der Waals surface area (Å²) >= 11 is 25.8. The number of carboxylic acid groups (broad SMARTS) is 1. The first-order valence-electron chi connectivity index (χ1n) is 18.3. The van der Waals surface area contributed by atoms with Gasteiger partial charge in [-0.05, 0) is 91.1 Å². The minimum atomic E-state index is -0.997. The van der Waals surface area contributed by atoms with Gasteiger partial charge in [0.15, 0.2) is 0 Å². The first-order chi connectivity index (χ1) is 25.6. The quantitative estimate of drug-likeness (QED) is 0.157. The average Bonchev–Trinajstić information content (AvgIpc) is 3.93. The van der Waals surface area contributed by atoms with E-state index in [4.69, 9.17) is 56.4 Å². The third-order valence-electron chi connectivity index (χ3n) is 10.8. The van der Waals surface area contributed by atoms with Gasteiger partial charge in [-0.15, -0.1) is 0 Å². The van der Waals surface area contributed by atoms with Crippen LogP contribution >= 0.6 is 46.4 Å². The van der Waals surface area contributed by atoms with Gasteiger partial charge in [-0.2, -0.15) is 0 Å². The van der Waals surface area contributed by atoms with Gasteiger partial charge in [0, 0.05) is 26.2 Å². The van der Waals surface area contributed by atoms with Gasteiger partial charge in [-0.3, -0.25) is 0 Å². The molecule has 4 heterocycles. The minimum Gasteiger partial charge on any atom is -0.478 e. The normalized spacial score (nSPS) is 13.7. The number of imidazole rings is 2. The van der Waals surface area contributed by atoms with E-state index in [0.717, 1.165) is 96.7 Å². The number of rotatable bonds is 9. The highest BCUT2D eigenvalue weighted by molar-refractivity contribution is 6.36. The van der Waals surface area contributed by atoms with Gasteiger partial charge in [-0.25, -0.2) is 14.8 Å². The van der Waals surface area contributed by atoms with Gasteiger partial charge in [0.1, 0.15) is 11.0 Å². The number of carboxylic acids is 1. The summed E-state index contributed by atoms with van der Waals surface area (Å²) in [7, 11) is 0. The summed E-state index contributed by atoms with van der Waals surface area (Å²) in [4.78, 5) is 25.2. The molecule has 6 aromatic rings. The fourth-order valence-corrected chi connectivity index (χ4v) is 8.89. The molecule has 53 heavy (non-hydrogen) atoms. The second kappa shape index (κ2) is 15.4. The van der Waals surface area contributed by atoms with Crippen LogP contribution in [-0.4, -0.2) is 43.3 Å². The topological polar surface area (TPSA) is 79.4 Å². The summed E-state index contributed by atoms with van der Waals surface area (Å²) in [6.45, 7) is 12.1. The van der Waals surface area contributed by atoms with E-state index in [1.54, 1.807) is 12.1 Å². The number of fused-ring (bicyclic) bond motifs is 6. The van der Waals surface area contributed by atoms with Crippen LogP contribution in [0.5, 0.6) is 0 Å². The average molecular weight is 793 g/mol. The number of halogens is 4. The molecule has 0 aliphatic carbocycles. The van der Waals surface area contributed by atoms with Crippen molar-refractivity contribution < 1.29 is 9.90 Å². The molecule has 2 aromatic heterocycles. The smallest absolute Gasteiger partial charge is 0.335 e. The molecule has 4 aromatic carbocycles. The number of hydrogen-bond acceptors (Lipinski definition) is 5. The Bertz CT molecular complexity index is 2330. The molecule has 0 bridgehead atoms. The van der Waals surface area contributed by atoms with E-state index in [1.807, 2.05) is 41.3 Å². The zero-order valence-electron chi connectivity index (χ0n) is 30.2. The number of benzene rings is 4. The molecule has 0 amide bonds. The maximum Gasteiger partial charge on any atom is 0.335 e. The molecule has 0 unspecified atom stereocenters. The van der Waals surface area contributed by atoms with E-state index < -0.39 is 5.97 Å². The molecule has 0 atom stereocenters. The van der Waals surface area contributed by atoms with E-state index in [9.17, 15) is 9.90 Å². The summed E-state index contributed by atoms with van der Waals surface area (Å²) in [5.41, 5.74) is 8.53. The van der Waals surface area contributed by atoms with Crippen molar-refractivity contribution in [3.05, 3.63) is 104 Å². The summed E-state index contributed by atoms with van der Waals surface area (Å²) < 4.78 is 4.51. The Morgan fingerprint density at radius 2 is 1.09 bits per heavy atom. The molecule has 0 saturated carbocycles. The lowest BCUT2D eigenvalue weighted by Gasteiger charge is -2.17. The van der Waals surface area contributed by atoms with E-state index in [-0.39, 0.29) is 5.56 Å². The Kier molecular flexibility index (Phi) is 10.9. The predicted molar refractivity (Wildman–Crippen MR) is 220 cm³/mol. The first kappa shape index (κ1) is 37.4. The van der Waals surface area contributed by atoms with Gasteiger partial charge in [-0.1, -0.05) is 98.4 Å². The molecular formula is C41H42Cl4N6O2. The number of carbonyl (C=O) groups is 1. The fraction of sp³-hybridized carbons (Fsp3) is 0.341. The second-order valence-electron chi connectivity index (χ2n) is 13.5. The number of nitrogens with zero attached hydrogens (tertiary/aromatic N) is 6. The number of para-hydroxylation sites is 1. The molecule has 0 saturated heterocycles. The maximum absolute atomic E-state index is 11.2. The number of aromatic carboxylic acids is 1. The molecule has 2 aliphatic rings. The Morgan fingerprint density at radius 3 is 1.53 bits per heavy atom. The number of anilines is 4. The van der Waals surface area contributed by atoms with Crippen LogP contribution in [0.1, 0.15) is 86.7 Å². The Morgan fingerprint density at radius 1 is 0.623 bits per heavy atom. The lowest BCUT2D eigenvalue weighted by Crippen LogP contribution is -2.15. The maximum atomic E-state index is 11.2. The zero-order chi connectivity index (χ0) is 37.6. The summed E-state index contributed by atoms with van der Waals surface area (Å²) in [6.07, 6.45) is 4.34. The van der Waals surface area contributed by atoms with Crippen molar-refractivity contribution in [3.8, 4) is 0 Å². The van der Waals surface area contributed by atoms with Crippen LogP contribution in [0, 0.1) is 0 Å². The molecule has 0 radical (unpaired) electrons. The Labute approximate surface area is 329 Å². The summed E-state index contributed by atoms with van der Waals surface area (Å²) in [5, 5.41) is 11.7. The van der Waals surface area contributed by atoms with Crippen molar-refractivity contribution in [2.45, 2.75) is 78.3 Å². The van der Waals surface area contributed by atoms with Crippen molar-refractivity contribution >= 4 is 97.7 Å². The van der Waals surface area contributed by atoms with E-state index >= 15 is 0 Å². The standard InChI is InChI=1S/C21H21Cl2N3O2.C20H21Cl2N3/c1-3-12(4-2)14-6-7-15(22)18-19(14)26-10-9-25(21(26)24-18)17-8-5-13(20(27)28)11-16(17)23;1-3-13(4-2)14-9-10-16(22)18-19(14)25-12-11-24(20(25)23-18)17-8-6-5-7-15(17)21/h5-8,11-12H,3-4,9-10H2,1-2H3,(H,27,28);5-10,13H,3-4,11-12H2,1-2H3. The van der Waals surface area contributed by atoms with Crippen LogP contribution in [0.3, 0.4) is 0 Å². The second-order valence-corrected chi connectivity index (χ2v) is 15.2. The molecule has 0 fully saturated rings. The van der Waals surface area contributed by atoms with Crippen molar-refractivity contribution in [1.82, 2.24) is 19.1 Å². The van der Waals surface area contributed by atoms with Gasteiger partial charge < -0.3 is 24.0 Å². The molecule has 2 aliphatic heterocycles. The van der Waals surface area contributed by atoms with Crippen LogP contribution in [-0.2, 0) is 13.1 Å². The number of hydrogen-bond donors (Lipinski definition) is 1. The minimum absolute atomic E-state index is 0.167. The monoisotopic (exact) mass is 790 g/mol. The fourth-order valence-electron chi connectivity index (χ4n) is 7.98. The van der Waals surface area contributed by atoms with Crippen LogP contribution in [0.15, 0.2) is 66.7 Å². The third-order valence-corrected chi connectivity index (χ3v) is 12.0. The lowest BCUT2D eigenvalue weighted by molar-refractivity contribution is 0.0697. The van der Waals surface area contributed by atoms with Crippen LogP contribution < -0.4 is 9.80 Å². The SMILES string of the molecule is CCC(CC)c1ccc(Cl)c2nc3n(c12)CCN3c1ccc(C(=O)O)cc1Cl.CCC(CC)c1ccc(Cl)c2nc3n(c12)CCN3c1ccccc1Cl. The van der Waals surface area contributed by atoms with Crippen LogP contribution in [0.25, 0.3) is 22.1 Å². The predicted octanol–water partition coefficient (Wildman–Crippen LogP) is 12.5. The molecule has 8 rings (SSSR count). The molecule has 8 nitrogen and oxygen atoms in total. The zero-order valence-corrected chi connectivity index (χ0v) is 33.2. The van der Waals surface area contributed by atoms with Gasteiger partial charge in [0.05, 0.1) is 48.1 Å². The lowest BCUT2D eigenvalue weighted by atomic mass is 9.93. The van der Waals surface area contributed by atoms with Gasteiger partial charge >= 0.3 is 5.97 Å². The Hall–Kier alpha value is -3.95. The Balaban J connectivity index is 0.000000165. The van der Waals surface area contributed by atoms with E-state index in [1.165, 1.54) is 22.7 Å². The van der Waals surface area contributed by atoms with E-state index in [2.05, 4.69) is 53.9 Å². The van der Waals surface area contributed by atoms with Crippen molar-refractivity contribution in [1.29, 1.82) is 0 Å². The van der Waals surface area contributed by atoms with E-state index in [0.29, 0.717) is 26.9 Å². The highest BCUT2D eigenvalue weighted by atomic mass is 35.5. The van der Waals surface area contributed by atoms with Crippen LogP contribution in [0.4, 0.5) is 23.3 Å². The first-order valence-corrected chi connectivity index (χ1v) is 19.8. The van der Waals surface area contributed by atoms with Crippen molar-refractivity contribution in [2.75, 3.05) is 22.9 Å². The largest absolute Gasteiger partial charge is 0.478 e. The highest BCUT2D eigenvalue weighted by Crippen LogP contribution is 2.43. The molecule has 0 spiro atoms. The molecule has 12 heteroatoms. The summed E-state index contributed by atoms with van der Waals surface area (Å²) in [5.74, 6) is 1.70. The molecule has 1 N–H and O–H groups in total. The highest BCUT2D eigenvalue weighted by Gasteiger charge is 2.31. The van der Waals surface area contributed by atoms with Gasteiger partial charge in [0.2, 0.25) is 11.9 Å². The number of aromatic nitrogens is 4.